The molecule has 7 nitrogen and oxygen atoms in total. The number of carbonyl (C=O) groups excluding carboxylic acids is 2. The van der Waals surface area contributed by atoms with Crippen LogP contribution in [0.3, 0.4) is 0 Å². The van der Waals surface area contributed by atoms with Crippen molar-refractivity contribution in [3.8, 4) is 5.75 Å². The molecule has 0 aliphatic carbocycles. The summed E-state index contributed by atoms with van der Waals surface area (Å²) in [5.41, 5.74) is 2.16. The Balaban J connectivity index is 1.71. The molecule has 3 aromatic rings. The van der Waals surface area contributed by atoms with Gasteiger partial charge < -0.3 is 24.4 Å². The second-order valence-electron chi connectivity index (χ2n) is 7.41. The number of carbonyl (C=O) groups is 2. The first-order chi connectivity index (χ1) is 15.6. The quantitative estimate of drug-likeness (QED) is 0.589. The number of amides is 1. The molecule has 1 aliphatic heterocycles. The van der Waals surface area contributed by atoms with Crippen molar-refractivity contribution in [2.45, 2.75) is 6.92 Å². The minimum Gasteiger partial charge on any atom is -0.496 e. The van der Waals surface area contributed by atoms with Crippen molar-refractivity contribution in [2.75, 3.05) is 50.2 Å². The Hall–Kier alpha value is -3.58. The molecule has 3 aromatic carbocycles. The number of ether oxygens (including phenoxy) is 3. The van der Waals surface area contributed by atoms with Crippen LogP contribution in [0.4, 0.5) is 11.4 Å². The lowest BCUT2D eigenvalue weighted by Crippen LogP contribution is -2.36. The van der Waals surface area contributed by atoms with E-state index < -0.39 is 5.97 Å². The van der Waals surface area contributed by atoms with Gasteiger partial charge in [-0.2, -0.15) is 0 Å². The SMILES string of the molecule is CCOC(=O)c1ccc(N2CCOCC2)c(NC(=O)c2cc3ccccc3cc2OC)c1. The summed E-state index contributed by atoms with van der Waals surface area (Å²) in [6, 6.07) is 16.7. The largest absolute Gasteiger partial charge is 0.496 e. The number of hydrogen-bond acceptors (Lipinski definition) is 6. The van der Waals surface area contributed by atoms with Gasteiger partial charge in [-0.25, -0.2) is 4.79 Å². The highest BCUT2D eigenvalue weighted by atomic mass is 16.5. The maximum absolute atomic E-state index is 13.3. The van der Waals surface area contributed by atoms with Gasteiger partial charge in [0.05, 0.1) is 49.4 Å². The standard InChI is InChI=1S/C25H26N2O5/c1-3-32-25(29)19-8-9-22(27-10-12-31-13-11-27)21(15-19)26-24(28)20-14-17-6-4-5-7-18(17)16-23(20)30-2/h4-9,14-16H,3,10-13H2,1-2H3,(H,26,28). The smallest absolute Gasteiger partial charge is 0.338 e. The van der Waals surface area contributed by atoms with E-state index in [1.807, 2.05) is 42.5 Å². The molecule has 0 bridgehead atoms. The van der Waals surface area contributed by atoms with Crippen LogP contribution in [0.2, 0.25) is 0 Å². The van der Waals surface area contributed by atoms with E-state index >= 15 is 0 Å². The summed E-state index contributed by atoms with van der Waals surface area (Å²) in [6.45, 7) is 4.63. The number of fused-ring (bicyclic) bond motifs is 1. The first-order valence-electron chi connectivity index (χ1n) is 10.6. The molecule has 4 rings (SSSR count). The summed E-state index contributed by atoms with van der Waals surface area (Å²) in [6.07, 6.45) is 0. The minimum absolute atomic E-state index is 0.278. The fraction of sp³-hybridized carbons (Fsp3) is 0.280. The van der Waals surface area contributed by atoms with E-state index in [2.05, 4.69) is 10.2 Å². The van der Waals surface area contributed by atoms with Crippen molar-refractivity contribution < 1.29 is 23.8 Å². The zero-order chi connectivity index (χ0) is 22.5. The van der Waals surface area contributed by atoms with Crippen molar-refractivity contribution in [3.05, 3.63) is 65.7 Å². The van der Waals surface area contributed by atoms with Gasteiger partial charge in [-0.05, 0) is 48.0 Å². The van der Waals surface area contributed by atoms with Gasteiger partial charge in [0.2, 0.25) is 0 Å². The predicted octanol–water partition coefficient (Wildman–Crippen LogP) is 4.11. The number of anilines is 2. The van der Waals surface area contributed by atoms with Gasteiger partial charge in [0.15, 0.2) is 0 Å². The number of rotatable bonds is 6. The fourth-order valence-corrected chi connectivity index (χ4v) is 3.81. The first-order valence-corrected chi connectivity index (χ1v) is 10.6. The minimum atomic E-state index is -0.431. The topological polar surface area (TPSA) is 77.1 Å². The molecule has 1 aliphatic rings. The average molecular weight is 434 g/mol. The molecule has 32 heavy (non-hydrogen) atoms. The van der Waals surface area contributed by atoms with Crippen LogP contribution in [-0.2, 0) is 9.47 Å². The van der Waals surface area contributed by atoms with E-state index in [1.165, 1.54) is 0 Å². The summed E-state index contributed by atoms with van der Waals surface area (Å²) in [5.74, 6) is -0.265. The van der Waals surface area contributed by atoms with Gasteiger partial charge in [0.25, 0.3) is 5.91 Å². The molecule has 1 fully saturated rings. The predicted molar refractivity (Wildman–Crippen MR) is 124 cm³/mol. The molecular weight excluding hydrogens is 408 g/mol. The van der Waals surface area contributed by atoms with Gasteiger partial charge in [-0.3, -0.25) is 4.79 Å². The highest BCUT2D eigenvalue weighted by Gasteiger charge is 2.21. The third kappa shape index (κ3) is 4.53. The molecular formula is C25H26N2O5. The third-order valence-corrected chi connectivity index (χ3v) is 5.42. The van der Waals surface area contributed by atoms with Gasteiger partial charge in [-0.15, -0.1) is 0 Å². The first kappa shape index (κ1) is 21.6. The molecule has 1 heterocycles. The lowest BCUT2D eigenvalue weighted by molar-refractivity contribution is 0.0526. The molecule has 0 atom stereocenters. The Bertz CT molecular complexity index is 1140. The Labute approximate surface area is 186 Å². The number of esters is 1. The van der Waals surface area contributed by atoms with Crippen molar-refractivity contribution in [1.82, 2.24) is 0 Å². The maximum atomic E-state index is 13.3. The normalized spacial score (nSPS) is 13.6. The molecule has 166 valence electrons. The molecule has 0 unspecified atom stereocenters. The highest BCUT2D eigenvalue weighted by Crippen LogP contribution is 2.31. The Morgan fingerprint density at radius 2 is 1.75 bits per heavy atom. The van der Waals surface area contributed by atoms with Gasteiger partial charge >= 0.3 is 5.97 Å². The zero-order valence-corrected chi connectivity index (χ0v) is 18.2. The number of hydrogen-bond donors (Lipinski definition) is 1. The van der Waals surface area contributed by atoms with E-state index in [0.29, 0.717) is 48.9 Å². The highest BCUT2D eigenvalue weighted by molar-refractivity contribution is 6.10. The summed E-state index contributed by atoms with van der Waals surface area (Å²) in [4.78, 5) is 27.8. The van der Waals surface area contributed by atoms with E-state index in [-0.39, 0.29) is 12.5 Å². The number of morpholine rings is 1. The van der Waals surface area contributed by atoms with Crippen molar-refractivity contribution in [1.29, 1.82) is 0 Å². The van der Waals surface area contributed by atoms with Gasteiger partial charge in [-0.1, -0.05) is 24.3 Å². The molecule has 7 heteroatoms. The van der Waals surface area contributed by atoms with Crippen LogP contribution < -0.4 is 15.0 Å². The molecule has 0 saturated carbocycles. The van der Waals surface area contributed by atoms with Crippen molar-refractivity contribution in [3.63, 3.8) is 0 Å². The Morgan fingerprint density at radius 3 is 2.44 bits per heavy atom. The van der Waals surface area contributed by atoms with E-state index in [4.69, 9.17) is 14.2 Å². The van der Waals surface area contributed by atoms with Crippen molar-refractivity contribution in [2.24, 2.45) is 0 Å². The summed E-state index contributed by atoms with van der Waals surface area (Å²) in [7, 11) is 1.54. The molecule has 1 amide bonds. The average Bonchev–Trinajstić information content (AvgIpc) is 2.83. The number of nitrogens with one attached hydrogen (secondary N) is 1. The van der Waals surface area contributed by atoms with Crippen LogP contribution in [0.15, 0.2) is 54.6 Å². The lowest BCUT2D eigenvalue weighted by atomic mass is 10.0. The summed E-state index contributed by atoms with van der Waals surface area (Å²) < 4.78 is 16.1. The molecule has 1 N–H and O–H groups in total. The van der Waals surface area contributed by atoms with Gasteiger partial charge in [0.1, 0.15) is 5.75 Å². The zero-order valence-electron chi connectivity index (χ0n) is 18.2. The number of nitrogens with zero attached hydrogens (tertiary/aromatic N) is 1. The third-order valence-electron chi connectivity index (χ3n) is 5.42. The Kier molecular flexibility index (Phi) is 6.56. The van der Waals surface area contributed by atoms with Gasteiger partial charge in [0, 0.05) is 13.1 Å². The molecule has 0 aromatic heterocycles. The monoisotopic (exact) mass is 434 g/mol. The molecule has 0 radical (unpaired) electrons. The van der Waals surface area contributed by atoms with E-state index in [0.717, 1.165) is 16.5 Å². The summed E-state index contributed by atoms with van der Waals surface area (Å²) >= 11 is 0. The summed E-state index contributed by atoms with van der Waals surface area (Å²) in [5, 5.41) is 4.91. The molecule has 0 spiro atoms. The van der Waals surface area contributed by atoms with Crippen molar-refractivity contribution >= 4 is 34.0 Å². The van der Waals surface area contributed by atoms with E-state index in [1.54, 1.807) is 26.2 Å². The second kappa shape index (κ2) is 9.70. The van der Waals surface area contributed by atoms with Crippen LogP contribution in [0.1, 0.15) is 27.6 Å². The number of methoxy groups -OCH3 is 1. The van der Waals surface area contributed by atoms with E-state index in [9.17, 15) is 9.59 Å². The van der Waals surface area contributed by atoms with Crippen LogP contribution in [0, 0.1) is 0 Å². The van der Waals surface area contributed by atoms with Crippen LogP contribution in [0.25, 0.3) is 10.8 Å². The van der Waals surface area contributed by atoms with Crippen LogP contribution in [0.5, 0.6) is 5.75 Å². The molecule has 1 saturated heterocycles. The second-order valence-corrected chi connectivity index (χ2v) is 7.41. The fourth-order valence-electron chi connectivity index (χ4n) is 3.81. The Morgan fingerprint density at radius 1 is 1.03 bits per heavy atom. The van der Waals surface area contributed by atoms with Crippen LogP contribution in [-0.4, -0.2) is 51.9 Å². The maximum Gasteiger partial charge on any atom is 0.338 e. The lowest BCUT2D eigenvalue weighted by Gasteiger charge is -2.30. The van der Waals surface area contributed by atoms with Crippen LogP contribution >= 0.6 is 0 Å². The number of benzene rings is 3.